The van der Waals surface area contributed by atoms with Crippen molar-refractivity contribution in [2.45, 2.75) is 47.5 Å². The molecule has 1 N–H and O–H groups in total. The first-order valence-electron chi connectivity index (χ1n) is 8.80. The Bertz CT molecular complexity index is 1100. The fourth-order valence-corrected chi connectivity index (χ4v) is 3.72. The number of benzene rings is 1. The molecule has 0 aliphatic heterocycles. The summed E-state index contributed by atoms with van der Waals surface area (Å²) in [5, 5.41) is 6.14. The molecule has 0 atom stereocenters. The molecule has 1 aromatic carbocycles. The maximum atomic E-state index is 4.90. The molecule has 0 amide bonds. The van der Waals surface area contributed by atoms with Crippen molar-refractivity contribution in [1.82, 2.24) is 10.1 Å². The van der Waals surface area contributed by atoms with Crippen LogP contribution in [0.2, 0.25) is 0 Å². The van der Waals surface area contributed by atoms with Gasteiger partial charge in [0.25, 0.3) is 0 Å². The minimum Gasteiger partial charge on any atom is -0.247 e. The van der Waals surface area contributed by atoms with E-state index in [1.165, 1.54) is 44.4 Å². The third-order valence-corrected chi connectivity index (χ3v) is 5.25. The fourth-order valence-electron chi connectivity index (χ4n) is 3.72. The second-order valence-corrected chi connectivity index (χ2v) is 6.80. The quantitative estimate of drug-likeness (QED) is 0.542. The van der Waals surface area contributed by atoms with Gasteiger partial charge in [-0.25, -0.2) is 4.98 Å². The smallest absolute Gasteiger partial charge is 0.246 e. The van der Waals surface area contributed by atoms with Crippen molar-refractivity contribution in [2.75, 3.05) is 0 Å². The van der Waals surface area contributed by atoms with Crippen molar-refractivity contribution in [3.8, 4) is 0 Å². The molecule has 3 heterocycles. The lowest BCUT2D eigenvalue weighted by Gasteiger charge is -2.06. The van der Waals surface area contributed by atoms with E-state index < -0.39 is 0 Å². The maximum Gasteiger partial charge on any atom is 0.246 e. The average Bonchev–Trinajstić information content (AvgIpc) is 2.91. The topological polar surface area (TPSA) is 32.8 Å². The van der Waals surface area contributed by atoms with E-state index >= 15 is 0 Å². The zero-order valence-electron chi connectivity index (χ0n) is 15.1. The van der Waals surface area contributed by atoms with Crippen molar-refractivity contribution in [1.29, 1.82) is 0 Å². The van der Waals surface area contributed by atoms with Crippen LogP contribution in [0.5, 0.6) is 0 Å². The normalized spacial score (nSPS) is 11.9. The van der Waals surface area contributed by atoms with E-state index in [1.807, 2.05) is 0 Å². The Morgan fingerprint density at radius 3 is 2.38 bits per heavy atom. The van der Waals surface area contributed by atoms with Crippen molar-refractivity contribution >= 4 is 27.3 Å². The molecule has 0 bridgehead atoms. The first kappa shape index (κ1) is 15.1. The first-order chi connectivity index (χ1) is 11.5. The summed E-state index contributed by atoms with van der Waals surface area (Å²) >= 11 is 0. The summed E-state index contributed by atoms with van der Waals surface area (Å²) in [7, 11) is 0. The summed E-state index contributed by atoms with van der Waals surface area (Å²) in [6.07, 6.45) is 2.05. The van der Waals surface area contributed by atoms with Gasteiger partial charge in [0.2, 0.25) is 11.2 Å². The molecule has 0 spiro atoms. The number of aryl methyl sites for hydroxylation is 5. The Morgan fingerprint density at radius 2 is 1.67 bits per heavy atom. The van der Waals surface area contributed by atoms with E-state index in [0.717, 1.165) is 23.9 Å². The lowest BCUT2D eigenvalue weighted by atomic mass is 10.0. The summed E-state index contributed by atoms with van der Waals surface area (Å²) in [6.45, 7) is 10.9. The number of aromatic nitrogens is 3. The van der Waals surface area contributed by atoms with Gasteiger partial charge in [-0.2, -0.15) is 5.10 Å². The van der Waals surface area contributed by atoms with E-state index in [-0.39, 0.29) is 0 Å². The lowest BCUT2D eigenvalue weighted by Crippen LogP contribution is -2.32. The molecule has 0 aliphatic rings. The molecule has 0 unspecified atom stereocenters. The van der Waals surface area contributed by atoms with Crippen LogP contribution < -0.4 is 4.52 Å². The van der Waals surface area contributed by atoms with Crippen LogP contribution in [0.15, 0.2) is 24.3 Å². The highest BCUT2D eigenvalue weighted by molar-refractivity contribution is 6.13. The van der Waals surface area contributed by atoms with Gasteiger partial charge in [-0.05, 0) is 55.5 Å². The van der Waals surface area contributed by atoms with Crippen LogP contribution in [0.3, 0.4) is 0 Å². The zero-order chi connectivity index (χ0) is 17.0. The third kappa shape index (κ3) is 2.04. The summed E-state index contributed by atoms with van der Waals surface area (Å²) < 4.78 is 2.22. The van der Waals surface area contributed by atoms with Crippen molar-refractivity contribution in [2.24, 2.45) is 0 Å². The second-order valence-electron chi connectivity index (χ2n) is 6.80. The van der Waals surface area contributed by atoms with Crippen LogP contribution in [-0.2, 0) is 12.8 Å². The van der Waals surface area contributed by atoms with Gasteiger partial charge in [0, 0.05) is 24.4 Å². The number of pyridine rings is 1. The first-order valence-corrected chi connectivity index (χ1v) is 8.80. The molecule has 24 heavy (non-hydrogen) atoms. The highest BCUT2D eigenvalue weighted by Gasteiger charge is 2.20. The molecule has 122 valence electrons. The van der Waals surface area contributed by atoms with E-state index in [1.54, 1.807) is 0 Å². The van der Waals surface area contributed by atoms with Gasteiger partial charge in [-0.3, -0.25) is 0 Å². The van der Waals surface area contributed by atoms with E-state index in [4.69, 9.17) is 4.98 Å². The highest BCUT2D eigenvalue weighted by Crippen LogP contribution is 2.30. The predicted molar refractivity (Wildman–Crippen MR) is 99.7 cm³/mol. The summed E-state index contributed by atoms with van der Waals surface area (Å²) in [5.41, 5.74) is 9.92. The third-order valence-electron chi connectivity index (χ3n) is 5.25. The molecule has 4 rings (SSSR count). The number of nitrogens with zero attached hydrogens (tertiary/aromatic N) is 2. The minimum atomic E-state index is 1.02. The summed E-state index contributed by atoms with van der Waals surface area (Å²) in [4.78, 5) is 4.90. The number of hydrogen-bond acceptors (Lipinski definition) is 1. The fraction of sp³-hybridized carbons (Fsp3) is 0.333. The molecular weight excluding hydrogens is 294 g/mol. The molecule has 0 saturated carbocycles. The van der Waals surface area contributed by atoms with Crippen LogP contribution in [0.25, 0.3) is 27.3 Å². The Hall–Kier alpha value is -2.42. The van der Waals surface area contributed by atoms with Crippen LogP contribution in [0.1, 0.15) is 41.9 Å². The summed E-state index contributed by atoms with van der Waals surface area (Å²) in [5.74, 6) is 0. The van der Waals surface area contributed by atoms with E-state index in [2.05, 4.69) is 68.5 Å². The standard InChI is InChI=1S/C21H23N3/c1-6-15-11-20-21-16-8-12(3)13(4)9-18(16)22-19(21)10-14(5)24(20)23-17(15)7-2/h8-11H,6-7H2,1-5H3/p+1. The van der Waals surface area contributed by atoms with Crippen LogP contribution in [0.4, 0.5) is 0 Å². The molecule has 0 saturated heterocycles. The predicted octanol–water partition coefficient (Wildman–Crippen LogP) is 4.50. The van der Waals surface area contributed by atoms with E-state index in [9.17, 15) is 0 Å². The Kier molecular flexibility index (Phi) is 3.34. The number of nitrogens with one attached hydrogen (secondary N) is 1. The van der Waals surface area contributed by atoms with Gasteiger partial charge in [0.15, 0.2) is 0 Å². The van der Waals surface area contributed by atoms with Crippen molar-refractivity contribution in [3.63, 3.8) is 0 Å². The molecule has 4 aromatic rings. The van der Waals surface area contributed by atoms with Gasteiger partial charge in [0.05, 0.1) is 22.1 Å². The molecule has 0 radical (unpaired) electrons. The highest BCUT2D eigenvalue weighted by atomic mass is 15.2. The summed E-state index contributed by atoms with van der Waals surface area (Å²) in [6, 6.07) is 9.03. The van der Waals surface area contributed by atoms with Crippen molar-refractivity contribution in [3.05, 3.63) is 52.3 Å². The SMILES string of the molecule is CCc1cc2c3c(cc(C)[n+]2[nH]c1CC)nc1cc(C)c(C)cc13. The maximum absolute atomic E-state index is 4.90. The number of rotatable bonds is 2. The molecule has 0 fully saturated rings. The van der Waals surface area contributed by atoms with Gasteiger partial charge in [0.1, 0.15) is 0 Å². The Labute approximate surface area is 142 Å². The lowest BCUT2D eigenvalue weighted by molar-refractivity contribution is -0.587. The van der Waals surface area contributed by atoms with Crippen molar-refractivity contribution < 1.29 is 4.52 Å². The molecule has 3 nitrogen and oxygen atoms in total. The number of aromatic amines is 1. The number of hydrogen-bond donors (Lipinski definition) is 1. The van der Waals surface area contributed by atoms with Crippen LogP contribution >= 0.6 is 0 Å². The minimum absolute atomic E-state index is 1.02. The Balaban J connectivity index is 2.24. The van der Waals surface area contributed by atoms with E-state index in [0.29, 0.717) is 0 Å². The monoisotopic (exact) mass is 318 g/mol. The van der Waals surface area contributed by atoms with Crippen LogP contribution in [0, 0.1) is 20.8 Å². The Morgan fingerprint density at radius 1 is 0.917 bits per heavy atom. The molecule has 3 heteroatoms. The number of H-pyrrole nitrogens is 1. The number of fused-ring (bicyclic) bond motifs is 5. The largest absolute Gasteiger partial charge is 0.247 e. The average molecular weight is 318 g/mol. The second kappa shape index (κ2) is 5.30. The van der Waals surface area contributed by atoms with Gasteiger partial charge in [-0.15, -0.1) is 0 Å². The van der Waals surface area contributed by atoms with Crippen LogP contribution in [-0.4, -0.2) is 10.1 Å². The van der Waals surface area contributed by atoms with Gasteiger partial charge >= 0.3 is 0 Å². The molecule has 0 aliphatic carbocycles. The zero-order valence-corrected chi connectivity index (χ0v) is 15.1. The molecule has 3 aromatic heterocycles. The molecular formula is C21H24N3+. The van der Waals surface area contributed by atoms with Gasteiger partial charge < -0.3 is 0 Å². The van der Waals surface area contributed by atoms with Gasteiger partial charge in [-0.1, -0.05) is 18.4 Å².